The van der Waals surface area contributed by atoms with Gasteiger partial charge in [-0.1, -0.05) is 170 Å². The third-order valence-electron chi connectivity index (χ3n) is 11.6. The number of nitrogens with one attached hydrogen (secondary N) is 2. The first-order chi connectivity index (χ1) is 28.3. The topological polar surface area (TPSA) is 69.4 Å². The first kappa shape index (κ1) is 32.3. The molecule has 0 saturated carbocycles. The second kappa shape index (κ2) is 12.8. The minimum absolute atomic E-state index is 0.0864. The second-order valence-electron chi connectivity index (χ2n) is 14.9. The Morgan fingerprint density at radius 3 is 1.77 bits per heavy atom. The molecule has 0 bridgehead atoms. The van der Waals surface area contributed by atoms with Crippen molar-refractivity contribution in [2.75, 3.05) is 0 Å². The number of benzene rings is 8. The van der Waals surface area contributed by atoms with E-state index in [9.17, 15) is 0 Å². The van der Waals surface area contributed by atoms with Crippen molar-refractivity contribution in [2.45, 2.75) is 18.5 Å². The Balaban J connectivity index is 0.986. The molecule has 0 aliphatic carbocycles. The number of para-hydroxylation sites is 4. The van der Waals surface area contributed by atoms with Gasteiger partial charge < -0.3 is 29.4 Å². The van der Waals surface area contributed by atoms with Gasteiger partial charge in [-0.3, -0.25) is 0 Å². The number of nitrogens with zero attached hydrogens (tertiary/aromatic N) is 2. The smallest absolute Gasteiger partial charge is 0.159 e. The molecule has 1 fully saturated rings. The average molecular weight is 736 g/mol. The van der Waals surface area contributed by atoms with Gasteiger partial charge in [-0.2, -0.15) is 0 Å². The summed E-state index contributed by atoms with van der Waals surface area (Å²) in [5.74, 6) is 0. The highest BCUT2D eigenvalue weighted by Gasteiger charge is 2.24. The largest absolute Gasteiger partial charge is 0.624 e. The molecular formula is C51H35N4O2-. The number of hydrogen-bond donors (Lipinski definition) is 2. The van der Waals surface area contributed by atoms with Gasteiger partial charge in [0.1, 0.15) is 16.7 Å². The van der Waals surface area contributed by atoms with E-state index in [4.69, 9.17) is 14.2 Å². The second-order valence-corrected chi connectivity index (χ2v) is 14.9. The molecule has 8 aromatic carbocycles. The van der Waals surface area contributed by atoms with Crippen LogP contribution in [0.15, 0.2) is 191 Å². The van der Waals surface area contributed by atoms with Crippen LogP contribution in [0.1, 0.15) is 35.2 Å². The van der Waals surface area contributed by atoms with E-state index in [-0.39, 0.29) is 18.5 Å². The summed E-state index contributed by atoms with van der Waals surface area (Å²) in [5, 5.41) is 19.4. The van der Waals surface area contributed by atoms with Crippen molar-refractivity contribution in [2.24, 2.45) is 0 Å². The SMILES string of the molecule is c1ccc(C2[N-]C(c3ccc4c(c3)oc3cccc(-c5cccc6c5oc5c(-n7c8ccccc8c8ccccc87)cccc56)c34)NC(c3ccccc3)N2)cc1. The van der Waals surface area contributed by atoms with Gasteiger partial charge in [0, 0.05) is 37.9 Å². The molecule has 3 aromatic heterocycles. The van der Waals surface area contributed by atoms with Crippen molar-refractivity contribution >= 4 is 65.7 Å². The predicted molar refractivity (Wildman–Crippen MR) is 232 cm³/mol. The zero-order valence-electron chi connectivity index (χ0n) is 30.8. The maximum Gasteiger partial charge on any atom is 0.159 e. The first-order valence-electron chi connectivity index (χ1n) is 19.5. The molecule has 12 rings (SSSR count). The van der Waals surface area contributed by atoms with E-state index in [1.165, 1.54) is 10.8 Å². The van der Waals surface area contributed by atoms with Crippen molar-refractivity contribution in [3.63, 3.8) is 0 Å². The number of furan rings is 2. The molecule has 6 nitrogen and oxygen atoms in total. The van der Waals surface area contributed by atoms with Crippen molar-refractivity contribution in [1.82, 2.24) is 15.2 Å². The Morgan fingerprint density at radius 2 is 1.02 bits per heavy atom. The Kier molecular flexibility index (Phi) is 7.25. The van der Waals surface area contributed by atoms with Crippen LogP contribution in [0, 0.1) is 0 Å². The van der Waals surface area contributed by atoms with Gasteiger partial charge in [-0.25, -0.2) is 0 Å². The first-order valence-corrected chi connectivity index (χ1v) is 19.5. The van der Waals surface area contributed by atoms with Crippen LogP contribution in [0.25, 0.3) is 87.8 Å². The predicted octanol–water partition coefficient (Wildman–Crippen LogP) is 13.2. The van der Waals surface area contributed by atoms with E-state index in [1.54, 1.807) is 0 Å². The fourth-order valence-corrected chi connectivity index (χ4v) is 9.05. The Bertz CT molecular complexity index is 3210. The molecular weight excluding hydrogens is 701 g/mol. The van der Waals surface area contributed by atoms with Crippen LogP contribution in [0.2, 0.25) is 0 Å². The van der Waals surface area contributed by atoms with Crippen molar-refractivity contribution in [3.8, 4) is 16.8 Å². The fourth-order valence-electron chi connectivity index (χ4n) is 9.05. The van der Waals surface area contributed by atoms with Crippen LogP contribution in [0.5, 0.6) is 0 Å². The van der Waals surface area contributed by atoms with Crippen LogP contribution in [-0.4, -0.2) is 4.57 Å². The summed E-state index contributed by atoms with van der Waals surface area (Å²) in [7, 11) is 0. The minimum atomic E-state index is -0.258. The summed E-state index contributed by atoms with van der Waals surface area (Å²) in [6.45, 7) is 0. The highest BCUT2D eigenvalue weighted by molar-refractivity contribution is 6.18. The maximum absolute atomic E-state index is 7.04. The monoisotopic (exact) mass is 735 g/mol. The lowest BCUT2D eigenvalue weighted by atomic mass is 9.97. The van der Waals surface area contributed by atoms with E-state index in [2.05, 4.69) is 185 Å². The van der Waals surface area contributed by atoms with Crippen LogP contribution in [0.4, 0.5) is 0 Å². The number of hydrogen-bond acceptors (Lipinski definition) is 4. The highest BCUT2D eigenvalue weighted by atomic mass is 16.3. The Morgan fingerprint density at radius 1 is 0.421 bits per heavy atom. The van der Waals surface area contributed by atoms with E-state index in [0.29, 0.717) is 0 Å². The molecule has 1 aliphatic heterocycles. The van der Waals surface area contributed by atoms with Gasteiger partial charge in [0.05, 0.1) is 22.9 Å². The lowest BCUT2D eigenvalue weighted by Crippen LogP contribution is -2.44. The highest BCUT2D eigenvalue weighted by Crippen LogP contribution is 2.45. The van der Waals surface area contributed by atoms with Gasteiger partial charge in [0.25, 0.3) is 0 Å². The van der Waals surface area contributed by atoms with Crippen LogP contribution in [-0.2, 0) is 0 Å². The summed E-state index contributed by atoms with van der Waals surface area (Å²) in [5.41, 5.74) is 12.1. The molecule has 3 atom stereocenters. The quantitative estimate of drug-likeness (QED) is 0.185. The molecule has 3 unspecified atom stereocenters. The molecule has 0 spiro atoms. The van der Waals surface area contributed by atoms with Crippen LogP contribution < -0.4 is 10.6 Å². The average Bonchev–Trinajstić information content (AvgIpc) is 3.96. The van der Waals surface area contributed by atoms with E-state index < -0.39 is 0 Å². The summed E-state index contributed by atoms with van der Waals surface area (Å²) in [4.78, 5) is 0. The molecule has 57 heavy (non-hydrogen) atoms. The molecule has 0 amide bonds. The van der Waals surface area contributed by atoms with Gasteiger partial charge in [0.15, 0.2) is 5.58 Å². The zero-order chi connectivity index (χ0) is 37.5. The van der Waals surface area contributed by atoms with E-state index in [0.717, 1.165) is 88.4 Å². The Hall–Kier alpha value is -6.96. The summed E-state index contributed by atoms with van der Waals surface area (Å²) in [6, 6.07) is 63.9. The van der Waals surface area contributed by atoms with Crippen molar-refractivity contribution < 1.29 is 8.83 Å². The van der Waals surface area contributed by atoms with Crippen LogP contribution in [0.3, 0.4) is 0 Å². The molecule has 272 valence electrons. The normalized spacial score (nSPS) is 17.4. The molecule has 1 aliphatic rings. The molecule has 1 saturated heterocycles. The van der Waals surface area contributed by atoms with Crippen LogP contribution >= 0.6 is 0 Å². The third-order valence-corrected chi connectivity index (χ3v) is 11.6. The molecule has 11 aromatic rings. The van der Waals surface area contributed by atoms with Gasteiger partial charge in [0.2, 0.25) is 0 Å². The lowest BCUT2D eigenvalue weighted by Gasteiger charge is -2.50. The van der Waals surface area contributed by atoms with Gasteiger partial charge in [-0.15, -0.1) is 0 Å². The Labute approximate surface area is 327 Å². The third kappa shape index (κ3) is 5.09. The van der Waals surface area contributed by atoms with Gasteiger partial charge >= 0.3 is 0 Å². The standard InChI is InChI=1S/C51H35N4O2/c1-3-14-31(15-4-1)49-52-50(32-16-5-2-6-17-32)54-51(53-49)33-28-29-40-45(30-33)56-44-27-13-20-36(46(40)44)37-21-11-22-38-39-23-12-26-43(48(39)57-47(37)38)55-41-24-9-7-18-34(41)35-19-8-10-25-42(35)55/h1-30,49-53H/q-1. The minimum Gasteiger partial charge on any atom is -0.624 e. The van der Waals surface area contributed by atoms with Crippen molar-refractivity contribution in [3.05, 3.63) is 204 Å². The summed E-state index contributed by atoms with van der Waals surface area (Å²) >= 11 is 0. The molecule has 6 heteroatoms. The summed E-state index contributed by atoms with van der Waals surface area (Å²) < 4.78 is 16.1. The number of fused-ring (bicyclic) bond motifs is 9. The lowest BCUT2D eigenvalue weighted by molar-refractivity contribution is 0.316. The summed E-state index contributed by atoms with van der Waals surface area (Å²) in [6.07, 6.45) is -0.524. The van der Waals surface area contributed by atoms with Gasteiger partial charge in [-0.05, 0) is 47.0 Å². The molecule has 0 radical (unpaired) electrons. The fraction of sp³-hybridized carbons (Fsp3) is 0.0588. The number of rotatable bonds is 5. The molecule has 4 heterocycles. The maximum atomic E-state index is 7.04. The zero-order valence-corrected chi connectivity index (χ0v) is 30.8. The van der Waals surface area contributed by atoms with Crippen molar-refractivity contribution in [1.29, 1.82) is 0 Å². The number of aromatic nitrogens is 1. The van der Waals surface area contributed by atoms with E-state index >= 15 is 0 Å². The van der Waals surface area contributed by atoms with E-state index in [1.807, 2.05) is 12.1 Å². The molecule has 2 N–H and O–H groups in total.